The van der Waals surface area contributed by atoms with Crippen molar-refractivity contribution in [2.24, 2.45) is 0 Å². The number of carbonyl (C=O) groups excluding carboxylic acids is 2. The number of esters is 1. The largest absolute Gasteiger partial charge is 0.467 e. The second-order valence-corrected chi connectivity index (χ2v) is 5.60. The van der Waals surface area contributed by atoms with Gasteiger partial charge in [-0.2, -0.15) is 0 Å². The second-order valence-electron chi connectivity index (χ2n) is 3.86. The van der Waals surface area contributed by atoms with E-state index in [2.05, 4.69) is 10.1 Å². The summed E-state index contributed by atoms with van der Waals surface area (Å²) in [5.41, 5.74) is 0. The van der Waals surface area contributed by atoms with Crippen LogP contribution in [0.25, 0.3) is 0 Å². The molecule has 0 bridgehead atoms. The highest BCUT2D eigenvalue weighted by molar-refractivity contribution is 7.16. The molecule has 4 nitrogen and oxygen atoms in total. The highest BCUT2D eigenvalue weighted by Crippen LogP contribution is 2.28. The zero-order chi connectivity index (χ0) is 13.7. The van der Waals surface area contributed by atoms with Gasteiger partial charge in [0.05, 0.1) is 17.4 Å². The molecule has 1 aromatic heterocycles. The number of carbonyl (C=O) groups is 2. The van der Waals surface area contributed by atoms with Gasteiger partial charge in [-0.05, 0) is 25.5 Å². The highest BCUT2D eigenvalue weighted by Gasteiger charge is 2.24. The molecule has 0 aliphatic heterocycles. The first-order valence-corrected chi connectivity index (χ1v) is 6.82. The zero-order valence-electron chi connectivity index (χ0n) is 10.5. The summed E-state index contributed by atoms with van der Waals surface area (Å²) in [6.07, 6.45) is 0.496. The van der Waals surface area contributed by atoms with Crippen LogP contribution >= 0.6 is 22.9 Å². The number of halogens is 1. The van der Waals surface area contributed by atoms with E-state index in [4.69, 9.17) is 11.6 Å². The topological polar surface area (TPSA) is 55.4 Å². The molecule has 1 aromatic rings. The summed E-state index contributed by atoms with van der Waals surface area (Å²) in [4.78, 5) is 24.2. The molecule has 1 amide bonds. The van der Waals surface area contributed by atoms with Crippen LogP contribution in [0.5, 0.6) is 0 Å². The van der Waals surface area contributed by atoms with Crippen LogP contribution in [0.4, 0.5) is 0 Å². The molecule has 0 aliphatic carbocycles. The van der Waals surface area contributed by atoms with Crippen molar-refractivity contribution in [2.75, 3.05) is 7.11 Å². The summed E-state index contributed by atoms with van der Waals surface area (Å²) in [6, 6.07) is 2.97. The summed E-state index contributed by atoms with van der Waals surface area (Å²) >= 11 is 7.19. The fourth-order valence-corrected chi connectivity index (χ4v) is 2.57. The molecule has 0 aliphatic rings. The van der Waals surface area contributed by atoms with E-state index in [9.17, 15) is 9.59 Å². The Morgan fingerprint density at radius 3 is 2.61 bits per heavy atom. The maximum Gasteiger partial charge on any atom is 0.328 e. The third-order valence-corrected chi connectivity index (χ3v) is 4.04. The number of ether oxygens (including phenoxy) is 1. The minimum absolute atomic E-state index is 0.203. The molecule has 18 heavy (non-hydrogen) atoms. The predicted octanol–water partition coefficient (Wildman–Crippen LogP) is 2.57. The van der Waals surface area contributed by atoms with Gasteiger partial charge in [0.15, 0.2) is 0 Å². The molecule has 1 rings (SSSR count). The van der Waals surface area contributed by atoms with Crippen molar-refractivity contribution in [3.05, 3.63) is 21.3 Å². The van der Waals surface area contributed by atoms with E-state index >= 15 is 0 Å². The van der Waals surface area contributed by atoms with Crippen molar-refractivity contribution in [2.45, 2.75) is 32.2 Å². The summed E-state index contributed by atoms with van der Waals surface area (Å²) < 4.78 is 5.26. The monoisotopic (exact) mass is 289 g/mol. The molecule has 0 fully saturated rings. The van der Waals surface area contributed by atoms with Crippen LogP contribution in [-0.2, 0) is 14.3 Å². The smallest absolute Gasteiger partial charge is 0.328 e. The summed E-state index contributed by atoms with van der Waals surface area (Å²) in [5, 5.41) is 2.67. The Hall–Kier alpha value is -1.07. The number of hydrogen-bond donors (Lipinski definition) is 1. The molecule has 100 valence electrons. The predicted molar refractivity (Wildman–Crippen MR) is 72.0 cm³/mol. The van der Waals surface area contributed by atoms with Crippen molar-refractivity contribution in [3.8, 4) is 0 Å². The lowest BCUT2D eigenvalue weighted by molar-refractivity contribution is -0.145. The van der Waals surface area contributed by atoms with Gasteiger partial charge in [-0.1, -0.05) is 18.5 Å². The van der Waals surface area contributed by atoms with E-state index in [-0.39, 0.29) is 11.8 Å². The molecule has 1 N–H and O–H groups in total. The fourth-order valence-electron chi connectivity index (χ4n) is 1.46. The average Bonchev–Trinajstić information content (AvgIpc) is 2.80. The third kappa shape index (κ3) is 3.71. The minimum Gasteiger partial charge on any atom is -0.467 e. The van der Waals surface area contributed by atoms with Crippen LogP contribution in [0.3, 0.4) is 0 Å². The number of amides is 1. The first kappa shape index (κ1) is 15.0. The van der Waals surface area contributed by atoms with Crippen LogP contribution in [-0.4, -0.2) is 25.0 Å². The Kier molecular flexibility index (Phi) is 5.62. The Balaban J connectivity index is 2.67. The first-order valence-electron chi connectivity index (χ1n) is 5.63. The van der Waals surface area contributed by atoms with Crippen molar-refractivity contribution >= 4 is 34.8 Å². The first-order chi connectivity index (χ1) is 8.49. The lowest BCUT2D eigenvalue weighted by atomic mass is 10.1. The lowest BCUT2D eigenvalue weighted by Crippen LogP contribution is -2.42. The van der Waals surface area contributed by atoms with E-state index in [1.54, 1.807) is 13.0 Å². The minimum atomic E-state index is -0.597. The number of nitrogens with one attached hydrogen (secondary N) is 1. The van der Waals surface area contributed by atoms with E-state index < -0.39 is 12.0 Å². The SMILES string of the molecule is CC[C@H](NC(=O)[C@@H](C)c1ccc(Cl)s1)C(=O)OC. The molecule has 2 atom stereocenters. The summed E-state index contributed by atoms with van der Waals surface area (Å²) in [5.74, 6) is -0.964. The Morgan fingerprint density at radius 2 is 2.17 bits per heavy atom. The van der Waals surface area contributed by atoms with Gasteiger partial charge in [-0.15, -0.1) is 11.3 Å². The van der Waals surface area contributed by atoms with Gasteiger partial charge >= 0.3 is 5.97 Å². The van der Waals surface area contributed by atoms with Gasteiger partial charge in [0.2, 0.25) is 5.91 Å². The quantitative estimate of drug-likeness (QED) is 0.848. The van der Waals surface area contributed by atoms with Crippen LogP contribution < -0.4 is 5.32 Å². The fraction of sp³-hybridized carbons (Fsp3) is 0.500. The van der Waals surface area contributed by atoms with E-state index in [0.29, 0.717) is 10.8 Å². The summed E-state index contributed by atoms with van der Waals surface area (Å²) in [7, 11) is 1.31. The van der Waals surface area contributed by atoms with Gasteiger partial charge in [-0.25, -0.2) is 4.79 Å². The maximum atomic E-state index is 12.0. The van der Waals surface area contributed by atoms with Crippen molar-refractivity contribution < 1.29 is 14.3 Å². The Labute approximate surface area is 115 Å². The van der Waals surface area contributed by atoms with Gasteiger partial charge in [-0.3, -0.25) is 4.79 Å². The molecule has 0 aromatic carbocycles. The second kappa shape index (κ2) is 6.75. The van der Waals surface area contributed by atoms with Crippen LogP contribution in [0.2, 0.25) is 4.34 Å². The van der Waals surface area contributed by atoms with E-state index in [1.807, 2.05) is 13.0 Å². The van der Waals surface area contributed by atoms with Crippen LogP contribution in [0, 0.1) is 0 Å². The Morgan fingerprint density at radius 1 is 1.50 bits per heavy atom. The average molecular weight is 290 g/mol. The van der Waals surface area contributed by atoms with E-state index in [1.165, 1.54) is 18.4 Å². The molecule has 0 saturated carbocycles. The van der Waals surface area contributed by atoms with Crippen molar-refractivity contribution in [1.82, 2.24) is 5.32 Å². The van der Waals surface area contributed by atoms with Gasteiger partial charge < -0.3 is 10.1 Å². The van der Waals surface area contributed by atoms with Gasteiger partial charge in [0, 0.05) is 4.88 Å². The van der Waals surface area contributed by atoms with Crippen molar-refractivity contribution in [1.29, 1.82) is 0 Å². The van der Waals surface area contributed by atoms with Crippen LogP contribution in [0.1, 0.15) is 31.1 Å². The normalized spacial score (nSPS) is 13.8. The molecule has 0 saturated heterocycles. The number of hydrogen-bond acceptors (Lipinski definition) is 4. The van der Waals surface area contributed by atoms with E-state index in [0.717, 1.165) is 4.88 Å². The maximum absolute atomic E-state index is 12.0. The highest BCUT2D eigenvalue weighted by atomic mass is 35.5. The van der Waals surface area contributed by atoms with Crippen LogP contribution in [0.15, 0.2) is 12.1 Å². The lowest BCUT2D eigenvalue weighted by Gasteiger charge is -2.17. The molecule has 0 unspecified atom stereocenters. The zero-order valence-corrected chi connectivity index (χ0v) is 12.1. The van der Waals surface area contributed by atoms with Gasteiger partial charge in [0.1, 0.15) is 6.04 Å². The Bertz CT molecular complexity index is 433. The molecular formula is C12H16ClNO3S. The van der Waals surface area contributed by atoms with Crippen molar-refractivity contribution in [3.63, 3.8) is 0 Å². The molecule has 0 spiro atoms. The number of rotatable bonds is 5. The molecular weight excluding hydrogens is 274 g/mol. The third-order valence-electron chi connectivity index (χ3n) is 2.62. The molecule has 1 heterocycles. The number of thiophene rings is 1. The number of methoxy groups -OCH3 is 1. The van der Waals surface area contributed by atoms with Gasteiger partial charge in [0.25, 0.3) is 0 Å². The molecule has 6 heteroatoms. The standard InChI is InChI=1S/C12H16ClNO3S/c1-4-8(12(16)17-3)14-11(15)7(2)9-5-6-10(13)18-9/h5-8H,4H2,1-3H3,(H,14,15)/t7-,8-/m0/s1. The molecule has 0 radical (unpaired) electrons. The summed E-state index contributed by atoms with van der Waals surface area (Å²) in [6.45, 7) is 3.59.